The Kier molecular flexibility index (Phi) is 7.72. The number of benzene rings is 1. The molecule has 1 aliphatic rings. The number of hydrogen-bond donors (Lipinski definition) is 4. The molecule has 0 bridgehead atoms. The van der Waals surface area contributed by atoms with E-state index in [-0.39, 0.29) is 17.6 Å². The number of hydrogen-bond acceptors (Lipinski definition) is 4. The third-order valence-corrected chi connectivity index (χ3v) is 4.08. The molecule has 0 spiro atoms. The summed E-state index contributed by atoms with van der Waals surface area (Å²) in [5, 5.41) is 5.38. The number of nitrogens with zero attached hydrogens (tertiary/aromatic N) is 1. The van der Waals surface area contributed by atoms with Crippen molar-refractivity contribution in [2.75, 3.05) is 13.2 Å². The standard InChI is InChI=1S/C17H23F4N5O2/c18-11-5-3-10(4-6-11)15(27)26-16(24-9-12-2-1-7-28-12)25-14(23)8-13(22)17(19,20)21/h3-6,12-14H,1-2,7-9,22-23H2,(H2,24,25,26,27). The lowest BCUT2D eigenvalue weighted by atomic mass is 10.2. The Bertz CT molecular complexity index is 675. The molecule has 1 aromatic rings. The number of aliphatic imine (C=N–C) groups is 1. The maximum absolute atomic E-state index is 13.0. The number of halogens is 4. The zero-order valence-corrected chi connectivity index (χ0v) is 15.0. The number of ether oxygens (including phenoxy) is 1. The second kappa shape index (κ2) is 9.80. The number of amides is 1. The number of guanidine groups is 1. The molecule has 156 valence electrons. The first-order chi connectivity index (χ1) is 13.1. The van der Waals surface area contributed by atoms with E-state index in [0.29, 0.717) is 13.2 Å². The number of carbonyl (C=O) groups is 1. The van der Waals surface area contributed by atoms with E-state index < -0.39 is 36.5 Å². The van der Waals surface area contributed by atoms with Crippen molar-refractivity contribution in [3.63, 3.8) is 0 Å². The molecule has 6 N–H and O–H groups in total. The summed E-state index contributed by atoms with van der Waals surface area (Å²) in [6, 6.07) is 2.58. The second-order valence-corrected chi connectivity index (χ2v) is 6.42. The van der Waals surface area contributed by atoms with Crippen LogP contribution in [0.5, 0.6) is 0 Å². The van der Waals surface area contributed by atoms with Crippen LogP contribution in [0.3, 0.4) is 0 Å². The highest BCUT2D eigenvalue weighted by molar-refractivity contribution is 6.02. The van der Waals surface area contributed by atoms with Crippen LogP contribution < -0.4 is 22.1 Å². The zero-order valence-electron chi connectivity index (χ0n) is 15.0. The van der Waals surface area contributed by atoms with Gasteiger partial charge in [0.2, 0.25) is 5.96 Å². The highest BCUT2D eigenvalue weighted by Crippen LogP contribution is 2.20. The molecule has 1 aromatic carbocycles. The van der Waals surface area contributed by atoms with Crippen LogP contribution in [0.4, 0.5) is 17.6 Å². The summed E-state index contributed by atoms with van der Waals surface area (Å²) in [4.78, 5) is 16.1. The molecule has 0 aromatic heterocycles. The van der Waals surface area contributed by atoms with E-state index in [1.807, 2.05) is 0 Å². The second-order valence-electron chi connectivity index (χ2n) is 6.42. The van der Waals surface area contributed by atoms with Gasteiger partial charge in [-0.25, -0.2) is 4.39 Å². The molecule has 11 heteroatoms. The Balaban J connectivity index is 2.06. The lowest BCUT2D eigenvalue weighted by Gasteiger charge is -2.23. The van der Waals surface area contributed by atoms with Crippen LogP contribution in [0.1, 0.15) is 29.6 Å². The number of alkyl halides is 3. The molecule has 7 nitrogen and oxygen atoms in total. The van der Waals surface area contributed by atoms with Crippen molar-refractivity contribution >= 4 is 11.9 Å². The van der Waals surface area contributed by atoms with Crippen molar-refractivity contribution in [2.45, 2.75) is 43.8 Å². The quantitative estimate of drug-likeness (QED) is 0.245. The molecule has 0 aliphatic carbocycles. The predicted molar refractivity (Wildman–Crippen MR) is 94.9 cm³/mol. The maximum Gasteiger partial charge on any atom is 0.403 e. The normalized spacial score (nSPS) is 19.9. The lowest BCUT2D eigenvalue weighted by molar-refractivity contribution is -0.149. The summed E-state index contributed by atoms with van der Waals surface area (Å²) in [5.74, 6) is -1.33. The molecule has 3 unspecified atom stereocenters. The van der Waals surface area contributed by atoms with Gasteiger partial charge in [0.15, 0.2) is 0 Å². The van der Waals surface area contributed by atoms with Gasteiger partial charge in [-0.3, -0.25) is 4.79 Å². The Morgan fingerprint density at radius 1 is 1.29 bits per heavy atom. The molecule has 0 radical (unpaired) electrons. The predicted octanol–water partition coefficient (Wildman–Crippen LogP) is 1.24. The minimum absolute atomic E-state index is 0.105. The van der Waals surface area contributed by atoms with Gasteiger partial charge in [0.1, 0.15) is 11.9 Å². The molecule has 1 fully saturated rings. The minimum atomic E-state index is -4.59. The number of rotatable bonds is 6. The van der Waals surface area contributed by atoms with E-state index in [2.05, 4.69) is 15.6 Å². The van der Waals surface area contributed by atoms with Crippen molar-refractivity contribution < 1.29 is 27.1 Å². The minimum Gasteiger partial charge on any atom is -0.376 e. The highest BCUT2D eigenvalue weighted by Gasteiger charge is 2.37. The molecule has 1 aliphatic heterocycles. The Morgan fingerprint density at radius 2 is 1.96 bits per heavy atom. The Hall–Kier alpha value is -2.24. The summed E-state index contributed by atoms with van der Waals surface area (Å²) < 4.78 is 56.3. The van der Waals surface area contributed by atoms with Gasteiger partial charge in [0, 0.05) is 25.1 Å². The smallest absolute Gasteiger partial charge is 0.376 e. The fourth-order valence-electron chi connectivity index (χ4n) is 2.54. The van der Waals surface area contributed by atoms with Crippen LogP contribution in [0.15, 0.2) is 29.3 Å². The van der Waals surface area contributed by atoms with Gasteiger partial charge in [0.25, 0.3) is 5.91 Å². The van der Waals surface area contributed by atoms with E-state index in [0.717, 1.165) is 25.0 Å². The van der Waals surface area contributed by atoms with Crippen LogP contribution in [-0.2, 0) is 4.74 Å². The summed E-state index contributed by atoms with van der Waals surface area (Å²) in [7, 11) is 0. The number of carbonyl (C=O) groups excluding carboxylic acids is 1. The SMILES string of the molecule is NC(CC(N)C(F)(F)F)N/C(=N\C(=O)c1ccc(F)cc1)NCC1CCCO1. The first-order valence-corrected chi connectivity index (χ1v) is 8.73. The molecular formula is C17H23F4N5O2. The topological polar surface area (TPSA) is 115 Å². The van der Waals surface area contributed by atoms with Gasteiger partial charge >= 0.3 is 6.18 Å². The Labute approximate surface area is 159 Å². The van der Waals surface area contributed by atoms with Crippen molar-refractivity contribution in [1.82, 2.24) is 10.6 Å². The maximum atomic E-state index is 13.0. The average Bonchev–Trinajstić information content (AvgIpc) is 3.12. The van der Waals surface area contributed by atoms with Crippen LogP contribution in [0, 0.1) is 5.82 Å². The summed E-state index contributed by atoms with van der Waals surface area (Å²) in [6.07, 6.45) is -4.83. The molecule has 0 saturated carbocycles. The van der Waals surface area contributed by atoms with Crippen molar-refractivity contribution in [2.24, 2.45) is 16.5 Å². The van der Waals surface area contributed by atoms with Gasteiger partial charge in [-0.2, -0.15) is 18.2 Å². The van der Waals surface area contributed by atoms with Crippen LogP contribution in [0.25, 0.3) is 0 Å². The van der Waals surface area contributed by atoms with E-state index in [9.17, 15) is 22.4 Å². The fraction of sp³-hybridized carbons (Fsp3) is 0.529. The summed E-state index contributed by atoms with van der Waals surface area (Å²) in [6.45, 7) is 0.904. The van der Waals surface area contributed by atoms with Crippen molar-refractivity contribution in [1.29, 1.82) is 0 Å². The van der Waals surface area contributed by atoms with Crippen LogP contribution >= 0.6 is 0 Å². The summed E-state index contributed by atoms with van der Waals surface area (Å²) >= 11 is 0. The third kappa shape index (κ3) is 7.06. The van der Waals surface area contributed by atoms with Gasteiger partial charge < -0.3 is 26.8 Å². The molecule has 28 heavy (non-hydrogen) atoms. The molecule has 1 heterocycles. The first-order valence-electron chi connectivity index (χ1n) is 8.73. The van der Waals surface area contributed by atoms with Gasteiger partial charge in [-0.15, -0.1) is 0 Å². The van der Waals surface area contributed by atoms with Crippen molar-refractivity contribution in [3.8, 4) is 0 Å². The van der Waals surface area contributed by atoms with Crippen LogP contribution in [0.2, 0.25) is 0 Å². The van der Waals surface area contributed by atoms with Crippen LogP contribution in [-0.4, -0.2) is 49.5 Å². The Morgan fingerprint density at radius 3 is 2.54 bits per heavy atom. The zero-order chi connectivity index (χ0) is 20.7. The summed E-state index contributed by atoms with van der Waals surface area (Å²) in [5.41, 5.74) is 10.9. The molecule has 3 atom stereocenters. The number of nitrogens with two attached hydrogens (primary N) is 2. The van der Waals surface area contributed by atoms with E-state index >= 15 is 0 Å². The molecule has 1 amide bonds. The molecule has 2 rings (SSSR count). The van der Waals surface area contributed by atoms with Crippen molar-refractivity contribution in [3.05, 3.63) is 35.6 Å². The van der Waals surface area contributed by atoms with E-state index in [4.69, 9.17) is 16.2 Å². The molecular weight excluding hydrogens is 382 g/mol. The highest BCUT2D eigenvalue weighted by atomic mass is 19.4. The fourth-order valence-corrected chi connectivity index (χ4v) is 2.54. The lowest BCUT2D eigenvalue weighted by Crippen LogP contribution is -2.53. The first kappa shape index (κ1) is 22.1. The largest absolute Gasteiger partial charge is 0.403 e. The van der Waals surface area contributed by atoms with Gasteiger partial charge in [0.05, 0.1) is 12.3 Å². The van der Waals surface area contributed by atoms with E-state index in [1.165, 1.54) is 12.1 Å². The van der Waals surface area contributed by atoms with E-state index in [1.54, 1.807) is 0 Å². The third-order valence-electron chi connectivity index (χ3n) is 4.08. The van der Waals surface area contributed by atoms with Gasteiger partial charge in [-0.1, -0.05) is 0 Å². The monoisotopic (exact) mass is 405 g/mol. The molecule has 1 saturated heterocycles. The average molecular weight is 405 g/mol. The number of nitrogens with one attached hydrogen (secondary N) is 2. The van der Waals surface area contributed by atoms with Gasteiger partial charge in [-0.05, 0) is 37.1 Å².